The van der Waals surface area contributed by atoms with Crippen LogP contribution in [0.4, 0.5) is 0 Å². The van der Waals surface area contributed by atoms with Crippen molar-refractivity contribution in [3.63, 3.8) is 0 Å². The second kappa shape index (κ2) is 6.43. The lowest BCUT2D eigenvalue weighted by Crippen LogP contribution is -2.12. The molecular weight excluding hydrogens is 318 g/mol. The number of primary sulfonamides is 1. The molecule has 0 heterocycles. The highest BCUT2D eigenvalue weighted by atomic mass is 32.2. The predicted molar refractivity (Wildman–Crippen MR) is 98.8 cm³/mol. The molecule has 3 aromatic carbocycles. The minimum Gasteiger partial charge on any atom is -0.225 e. The van der Waals surface area contributed by atoms with E-state index < -0.39 is 10.0 Å². The van der Waals surface area contributed by atoms with Gasteiger partial charge in [0.2, 0.25) is 10.0 Å². The van der Waals surface area contributed by atoms with Gasteiger partial charge in [0.25, 0.3) is 0 Å². The molecule has 0 aliphatic heterocycles. The van der Waals surface area contributed by atoms with Crippen molar-refractivity contribution in [2.45, 2.75) is 4.90 Å². The zero-order valence-electron chi connectivity index (χ0n) is 13.0. The summed E-state index contributed by atoms with van der Waals surface area (Å²) in [5, 5.41) is 5.30. The van der Waals surface area contributed by atoms with E-state index in [4.69, 9.17) is 5.14 Å². The minimum atomic E-state index is -3.77. The van der Waals surface area contributed by atoms with E-state index >= 15 is 0 Å². The van der Waals surface area contributed by atoms with Crippen molar-refractivity contribution < 1.29 is 8.42 Å². The first-order valence-corrected chi connectivity index (χ1v) is 8.99. The van der Waals surface area contributed by atoms with Gasteiger partial charge in [-0.3, -0.25) is 0 Å². The van der Waals surface area contributed by atoms with Crippen molar-refractivity contribution in [2.24, 2.45) is 5.14 Å². The minimum absolute atomic E-state index is 0.0983. The summed E-state index contributed by atoms with van der Waals surface area (Å²) in [6.45, 7) is 3.79. The number of hydrogen-bond donors (Lipinski definition) is 1. The average molecular weight is 335 g/mol. The van der Waals surface area contributed by atoms with E-state index in [-0.39, 0.29) is 4.90 Å². The first kappa shape index (κ1) is 16.2. The Morgan fingerprint density at radius 3 is 2.17 bits per heavy atom. The molecule has 0 aliphatic carbocycles. The number of nitrogens with two attached hydrogens (primary N) is 1. The summed E-state index contributed by atoms with van der Waals surface area (Å²) in [7, 11) is -3.77. The Bertz CT molecular complexity index is 993. The first-order valence-electron chi connectivity index (χ1n) is 7.44. The Morgan fingerprint density at radius 1 is 0.792 bits per heavy atom. The molecule has 2 N–H and O–H groups in total. The van der Waals surface area contributed by atoms with E-state index in [0.29, 0.717) is 0 Å². The molecule has 3 rings (SSSR count). The van der Waals surface area contributed by atoms with E-state index in [1.807, 2.05) is 54.6 Å². The summed E-state index contributed by atoms with van der Waals surface area (Å²) in [6.07, 6.45) is 1.76. The monoisotopic (exact) mass is 335 g/mol. The van der Waals surface area contributed by atoms with E-state index in [9.17, 15) is 8.42 Å². The average Bonchev–Trinajstić information content (AvgIpc) is 2.61. The Balaban J connectivity index is 2.29. The molecule has 0 fully saturated rings. The fourth-order valence-corrected chi connectivity index (χ4v) is 3.18. The molecule has 0 unspecified atom stereocenters. The van der Waals surface area contributed by atoms with Crippen molar-refractivity contribution in [1.29, 1.82) is 0 Å². The second-order valence-electron chi connectivity index (χ2n) is 5.45. The third kappa shape index (κ3) is 3.30. The van der Waals surface area contributed by atoms with Gasteiger partial charge < -0.3 is 0 Å². The van der Waals surface area contributed by atoms with Crippen LogP contribution in [0.3, 0.4) is 0 Å². The van der Waals surface area contributed by atoms with Crippen LogP contribution in [0.15, 0.2) is 84.3 Å². The molecule has 3 aromatic rings. The van der Waals surface area contributed by atoms with Crippen LogP contribution in [-0.2, 0) is 10.0 Å². The van der Waals surface area contributed by atoms with Gasteiger partial charge in [0.15, 0.2) is 0 Å². The Hall–Kier alpha value is -2.69. The van der Waals surface area contributed by atoms with Gasteiger partial charge in [0, 0.05) is 0 Å². The normalized spacial score (nSPS) is 11.2. The van der Waals surface area contributed by atoms with Crippen molar-refractivity contribution in [3.05, 3.63) is 84.9 Å². The molecule has 0 atom stereocenters. The molecule has 0 saturated heterocycles. The van der Waals surface area contributed by atoms with Crippen LogP contribution >= 0.6 is 0 Å². The van der Waals surface area contributed by atoms with Gasteiger partial charge in [-0.25, -0.2) is 13.6 Å². The quantitative estimate of drug-likeness (QED) is 0.772. The third-order valence-corrected chi connectivity index (χ3v) is 4.75. The molecule has 0 aliphatic rings. The van der Waals surface area contributed by atoms with Crippen LogP contribution in [0.1, 0.15) is 5.56 Å². The molecule has 0 radical (unpaired) electrons. The van der Waals surface area contributed by atoms with Crippen LogP contribution in [0.25, 0.3) is 28.3 Å². The van der Waals surface area contributed by atoms with Gasteiger partial charge in [0.1, 0.15) is 0 Å². The van der Waals surface area contributed by atoms with E-state index in [0.717, 1.165) is 27.8 Å². The standard InChI is InChI=1S/C20H17NO2S/c1-2-15-7-6-10-17(13-15)20-14-18(24(21,22)23)11-12-19(20)16-8-4-3-5-9-16/h2-14H,1H2,(H2,21,22,23). The zero-order valence-corrected chi connectivity index (χ0v) is 13.8. The summed E-state index contributed by atoms with van der Waals surface area (Å²) in [4.78, 5) is 0.0983. The lowest BCUT2D eigenvalue weighted by molar-refractivity contribution is 0.598. The van der Waals surface area contributed by atoms with Gasteiger partial charge in [-0.05, 0) is 46.0 Å². The molecule has 0 saturated carbocycles. The molecule has 3 nitrogen and oxygen atoms in total. The highest BCUT2D eigenvalue weighted by molar-refractivity contribution is 7.89. The maximum Gasteiger partial charge on any atom is 0.238 e. The lowest BCUT2D eigenvalue weighted by Gasteiger charge is -2.13. The van der Waals surface area contributed by atoms with E-state index in [1.165, 1.54) is 0 Å². The second-order valence-corrected chi connectivity index (χ2v) is 7.01. The number of hydrogen-bond acceptors (Lipinski definition) is 2. The van der Waals surface area contributed by atoms with E-state index in [1.54, 1.807) is 24.3 Å². The van der Waals surface area contributed by atoms with Gasteiger partial charge in [-0.2, -0.15) is 0 Å². The molecule has 120 valence electrons. The molecule has 0 bridgehead atoms. The zero-order chi connectivity index (χ0) is 17.2. The SMILES string of the molecule is C=Cc1cccc(-c2cc(S(N)(=O)=O)ccc2-c2ccccc2)c1. The largest absolute Gasteiger partial charge is 0.238 e. The summed E-state index contributed by atoms with van der Waals surface area (Å²) in [6, 6.07) is 22.6. The topological polar surface area (TPSA) is 60.2 Å². The fourth-order valence-electron chi connectivity index (χ4n) is 2.64. The summed E-state index contributed by atoms with van der Waals surface area (Å²) < 4.78 is 23.5. The molecule has 0 aromatic heterocycles. The third-order valence-electron chi connectivity index (χ3n) is 3.84. The van der Waals surface area contributed by atoms with Crippen molar-refractivity contribution in [3.8, 4) is 22.3 Å². The molecule has 4 heteroatoms. The van der Waals surface area contributed by atoms with E-state index in [2.05, 4.69) is 6.58 Å². The lowest BCUT2D eigenvalue weighted by atomic mass is 9.94. The van der Waals surface area contributed by atoms with Gasteiger partial charge >= 0.3 is 0 Å². The summed E-state index contributed by atoms with van der Waals surface area (Å²) in [5.74, 6) is 0. The van der Waals surface area contributed by atoms with Gasteiger partial charge in [-0.1, -0.05) is 67.3 Å². The number of rotatable bonds is 4. The highest BCUT2D eigenvalue weighted by Gasteiger charge is 2.14. The smallest absolute Gasteiger partial charge is 0.225 e. The molecule has 0 spiro atoms. The highest BCUT2D eigenvalue weighted by Crippen LogP contribution is 2.34. The maximum absolute atomic E-state index is 11.7. The van der Waals surface area contributed by atoms with Crippen molar-refractivity contribution >= 4 is 16.1 Å². The summed E-state index contributed by atoms with van der Waals surface area (Å²) >= 11 is 0. The molecule has 0 amide bonds. The molecule has 24 heavy (non-hydrogen) atoms. The van der Waals surface area contributed by atoms with Crippen LogP contribution < -0.4 is 5.14 Å². The van der Waals surface area contributed by atoms with Crippen molar-refractivity contribution in [1.82, 2.24) is 0 Å². The van der Waals surface area contributed by atoms with Crippen LogP contribution in [-0.4, -0.2) is 8.42 Å². The molecular formula is C20H17NO2S. The number of sulfonamides is 1. The Labute approximate surface area is 142 Å². The predicted octanol–water partition coefficient (Wildman–Crippen LogP) is 4.31. The van der Waals surface area contributed by atoms with Crippen molar-refractivity contribution in [2.75, 3.05) is 0 Å². The first-order chi connectivity index (χ1) is 11.5. The van der Waals surface area contributed by atoms with Crippen LogP contribution in [0, 0.1) is 0 Å². The van der Waals surface area contributed by atoms with Crippen LogP contribution in [0.5, 0.6) is 0 Å². The van der Waals surface area contributed by atoms with Crippen LogP contribution in [0.2, 0.25) is 0 Å². The fraction of sp³-hybridized carbons (Fsp3) is 0. The number of benzene rings is 3. The van der Waals surface area contributed by atoms with Gasteiger partial charge in [0.05, 0.1) is 4.90 Å². The maximum atomic E-state index is 11.7. The Kier molecular flexibility index (Phi) is 4.34. The van der Waals surface area contributed by atoms with Gasteiger partial charge in [-0.15, -0.1) is 0 Å². The summed E-state index contributed by atoms with van der Waals surface area (Å²) in [5.41, 5.74) is 4.65. The Morgan fingerprint density at radius 2 is 1.50 bits per heavy atom.